The minimum absolute atomic E-state index is 0.201. The first kappa shape index (κ1) is 17.3. The van der Waals surface area contributed by atoms with Crippen LogP contribution in [-0.4, -0.2) is 17.8 Å². The predicted molar refractivity (Wildman–Crippen MR) is 91.8 cm³/mol. The molecule has 4 N–H and O–H groups in total. The lowest BCUT2D eigenvalue weighted by atomic mass is 10.2. The van der Waals surface area contributed by atoms with Crippen LogP contribution in [0.2, 0.25) is 5.02 Å². The van der Waals surface area contributed by atoms with E-state index in [0.717, 1.165) is 0 Å². The van der Waals surface area contributed by atoms with Gasteiger partial charge in [0.25, 0.3) is 5.91 Å². The highest BCUT2D eigenvalue weighted by Gasteiger charge is 2.07. The van der Waals surface area contributed by atoms with Crippen molar-refractivity contribution in [1.82, 2.24) is 10.9 Å². The largest absolute Gasteiger partial charge is 0.337 e. The van der Waals surface area contributed by atoms with Crippen LogP contribution >= 0.6 is 11.6 Å². The zero-order valence-corrected chi connectivity index (χ0v) is 13.5. The molecule has 0 aromatic heterocycles. The van der Waals surface area contributed by atoms with E-state index >= 15 is 0 Å². The number of hydrogen-bond acceptors (Lipinski definition) is 3. The fourth-order valence-electron chi connectivity index (χ4n) is 1.79. The van der Waals surface area contributed by atoms with Gasteiger partial charge in [-0.2, -0.15) is 0 Å². The summed E-state index contributed by atoms with van der Waals surface area (Å²) in [5, 5.41) is 5.68. The molecule has 0 aliphatic heterocycles. The maximum absolute atomic E-state index is 11.9. The predicted octanol–water partition coefficient (Wildman–Crippen LogP) is 2.76. The highest BCUT2D eigenvalue weighted by Crippen LogP contribution is 2.13. The molecule has 0 heterocycles. The zero-order valence-electron chi connectivity index (χ0n) is 12.7. The summed E-state index contributed by atoms with van der Waals surface area (Å²) < 4.78 is 0. The lowest BCUT2D eigenvalue weighted by Gasteiger charge is -2.09. The molecule has 2 aromatic rings. The van der Waals surface area contributed by atoms with Crippen molar-refractivity contribution in [2.75, 3.05) is 10.6 Å². The smallest absolute Gasteiger partial charge is 0.326 e. The minimum Gasteiger partial charge on any atom is -0.326 e. The lowest BCUT2D eigenvalue weighted by molar-refractivity contribution is -0.114. The first-order chi connectivity index (χ1) is 11.4. The van der Waals surface area contributed by atoms with Crippen molar-refractivity contribution in [2.24, 2.45) is 0 Å². The molecule has 124 valence electrons. The van der Waals surface area contributed by atoms with Crippen molar-refractivity contribution in [3.63, 3.8) is 0 Å². The molecule has 0 spiro atoms. The van der Waals surface area contributed by atoms with Crippen molar-refractivity contribution in [3.05, 3.63) is 59.1 Å². The number of anilines is 2. The number of rotatable bonds is 3. The highest BCUT2D eigenvalue weighted by molar-refractivity contribution is 6.30. The number of carbonyl (C=O) groups excluding carboxylic acids is 3. The molecule has 2 aromatic carbocycles. The Hall–Kier alpha value is -3.06. The maximum atomic E-state index is 11.9. The molecule has 7 nitrogen and oxygen atoms in total. The topological polar surface area (TPSA) is 99.3 Å². The quantitative estimate of drug-likeness (QED) is 0.643. The molecule has 4 amide bonds. The fraction of sp³-hybridized carbons (Fsp3) is 0.0625. The van der Waals surface area contributed by atoms with Crippen molar-refractivity contribution < 1.29 is 14.4 Å². The third-order valence-electron chi connectivity index (χ3n) is 2.86. The molecule has 0 radical (unpaired) electrons. The van der Waals surface area contributed by atoms with E-state index in [4.69, 9.17) is 11.6 Å². The van der Waals surface area contributed by atoms with Crippen molar-refractivity contribution in [3.8, 4) is 0 Å². The molecule has 0 fully saturated rings. The number of hydrogen-bond donors (Lipinski definition) is 4. The molecule has 0 aliphatic rings. The summed E-state index contributed by atoms with van der Waals surface area (Å²) in [6.07, 6.45) is 0. The van der Waals surface area contributed by atoms with Crippen molar-refractivity contribution in [2.45, 2.75) is 6.92 Å². The molecule has 0 saturated carbocycles. The second kappa shape index (κ2) is 7.98. The number of halogens is 1. The van der Waals surface area contributed by atoms with Gasteiger partial charge in [0, 0.05) is 28.9 Å². The minimum atomic E-state index is -0.597. The van der Waals surface area contributed by atoms with Crippen LogP contribution in [0.5, 0.6) is 0 Å². The Kier molecular flexibility index (Phi) is 5.75. The number of nitrogens with one attached hydrogen (secondary N) is 4. The van der Waals surface area contributed by atoms with E-state index in [9.17, 15) is 14.4 Å². The maximum Gasteiger partial charge on any atom is 0.337 e. The van der Waals surface area contributed by atoms with Crippen LogP contribution in [0.4, 0.5) is 16.2 Å². The Morgan fingerprint density at radius 3 is 1.92 bits per heavy atom. The summed E-state index contributed by atoms with van der Waals surface area (Å²) >= 11 is 5.75. The average molecular weight is 347 g/mol. The summed E-state index contributed by atoms with van der Waals surface area (Å²) in [6.45, 7) is 1.39. The van der Waals surface area contributed by atoms with Crippen LogP contribution in [-0.2, 0) is 4.79 Å². The van der Waals surface area contributed by atoms with Gasteiger partial charge in [0.1, 0.15) is 0 Å². The molecule has 0 aliphatic carbocycles. The van der Waals surface area contributed by atoms with Crippen LogP contribution < -0.4 is 21.5 Å². The van der Waals surface area contributed by atoms with Gasteiger partial charge in [-0.15, -0.1) is 0 Å². The van der Waals surface area contributed by atoms with E-state index in [1.54, 1.807) is 36.4 Å². The molecular weight excluding hydrogens is 332 g/mol. The van der Waals surface area contributed by atoms with E-state index < -0.39 is 11.9 Å². The number of amides is 4. The second-order valence-corrected chi connectivity index (χ2v) is 5.24. The number of carbonyl (C=O) groups is 3. The van der Waals surface area contributed by atoms with E-state index in [1.165, 1.54) is 19.1 Å². The molecule has 0 unspecified atom stereocenters. The van der Waals surface area contributed by atoms with Gasteiger partial charge in [-0.1, -0.05) is 11.6 Å². The molecule has 24 heavy (non-hydrogen) atoms. The first-order valence-electron chi connectivity index (χ1n) is 6.94. The summed E-state index contributed by atoms with van der Waals surface area (Å²) in [5.74, 6) is -0.691. The summed E-state index contributed by atoms with van der Waals surface area (Å²) in [7, 11) is 0. The van der Waals surface area contributed by atoms with Gasteiger partial charge < -0.3 is 10.6 Å². The highest BCUT2D eigenvalue weighted by atomic mass is 35.5. The summed E-state index contributed by atoms with van der Waals surface area (Å²) in [4.78, 5) is 34.5. The third kappa shape index (κ3) is 5.29. The van der Waals surface area contributed by atoms with E-state index in [-0.39, 0.29) is 5.91 Å². The lowest BCUT2D eigenvalue weighted by Crippen LogP contribution is -2.43. The van der Waals surface area contributed by atoms with E-state index in [1.807, 2.05) is 0 Å². The van der Waals surface area contributed by atoms with Crippen molar-refractivity contribution in [1.29, 1.82) is 0 Å². The Balaban J connectivity index is 1.84. The van der Waals surface area contributed by atoms with Crippen molar-refractivity contribution >= 4 is 40.8 Å². The van der Waals surface area contributed by atoms with Gasteiger partial charge in [-0.3, -0.25) is 15.0 Å². The Morgan fingerprint density at radius 1 is 0.792 bits per heavy atom. The van der Waals surface area contributed by atoms with Crippen LogP contribution in [0.3, 0.4) is 0 Å². The number of urea groups is 1. The van der Waals surface area contributed by atoms with Gasteiger partial charge in [0.15, 0.2) is 0 Å². The molecule has 0 saturated heterocycles. The Morgan fingerprint density at radius 2 is 1.33 bits per heavy atom. The van der Waals surface area contributed by atoms with Crippen LogP contribution in [0.25, 0.3) is 0 Å². The van der Waals surface area contributed by atoms with E-state index in [0.29, 0.717) is 22.0 Å². The standard InChI is InChI=1S/C16H15ClN4O3/c1-10(22)18-13-6-2-11(3-7-13)15(23)20-21-16(24)19-14-8-4-12(17)5-9-14/h2-9H,1H3,(H,18,22)(H,20,23)(H2,19,21,24). The third-order valence-corrected chi connectivity index (χ3v) is 3.11. The molecular formula is C16H15ClN4O3. The van der Waals surface area contributed by atoms with Gasteiger partial charge in [-0.25, -0.2) is 10.2 Å². The Bertz CT molecular complexity index is 745. The fourth-order valence-corrected chi connectivity index (χ4v) is 1.92. The number of benzene rings is 2. The second-order valence-electron chi connectivity index (χ2n) is 4.80. The SMILES string of the molecule is CC(=O)Nc1ccc(C(=O)NNC(=O)Nc2ccc(Cl)cc2)cc1. The average Bonchev–Trinajstić information content (AvgIpc) is 2.55. The Labute approximate surface area is 143 Å². The zero-order chi connectivity index (χ0) is 17.5. The van der Waals surface area contributed by atoms with E-state index in [2.05, 4.69) is 21.5 Å². The monoisotopic (exact) mass is 346 g/mol. The molecule has 8 heteroatoms. The van der Waals surface area contributed by atoms with Gasteiger partial charge in [0.2, 0.25) is 5.91 Å². The molecule has 2 rings (SSSR count). The summed E-state index contributed by atoms with van der Waals surface area (Å²) in [5.41, 5.74) is 5.95. The molecule has 0 atom stereocenters. The van der Waals surface area contributed by atoms with Crippen LogP contribution in [0.1, 0.15) is 17.3 Å². The van der Waals surface area contributed by atoms with Crippen LogP contribution in [0.15, 0.2) is 48.5 Å². The van der Waals surface area contributed by atoms with Gasteiger partial charge >= 0.3 is 6.03 Å². The van der Waals surface area contributed by atoms with Gasteiger partial charge in [0.05, 0.1) is 0 Å². The molecule has 0 bridgehead atoms. The first-order valence-corrected chi connectivity index (χ1v) is 7.32. The number of hydrazine groups is 1. The van der Waals surface area contributed by atoms with Crippen LogP contribution in [0, 0.1) is 0 Å². The normalized spacial score (nSPS) is 9.75. The van der Waals surface area contributed by atoms with Gasteiger partial charge in [-0.05, 0) is 48.5 Å². The summed E-state index contributed by atoms with van der Waals surface area (Å²) in [6, 6.07) is 12.2.